The van der Waals surface area contributed by atoms with E-state index in [4.69, 9.17) is 21.3 Å². The number of carbonyl (C=O) groups is 4. The van der Waals surface area contributed by atoms with Crippen LogP contribution >= 0.6 is 0 Å². The van der Waals surface area contributed by atoms with Gasteiger partial charge in [-0.15, -0.1) is 0 Å². The Morgan fingerprint density at radius 1 is 1.27 bits per heavy atom. The number of nitrogens with two attached hydrogens (primary N) is 2. The van der Waals surface area contributed by atoms with Crippen LogP contribution in [0.15, 0.2) is 23.2 Å². The minimum atomic E-state index is -1.16. The van der Waals surface area contributed by atoms with Crippen LogP contribution in [0.1, 0.15) is 59.8 Å². The average Bonchev–Trinajstić information content (AvgIpc) is 2.69. The zero-order valence-electron chi connectivity index (χ0n) is 19.8. The van der Waals surface area contributed by atoms with Crippen LogP contribution < -0.4 is 11.5 Å². The van der Waals surface area contributed by atoms with Gasteiger partial charge in [0.15, 0.2) is 12.3 Å². The van der Waals surface area contributed by atoms with Crippen LogP contribution in [0, 0.1) is 17.3 Å². The Hall–Kier alpha value is -2.56. The first-order chi connectivity index (χ1) is 15.3. The highest BCUT2D eigenvalue weighted by Gasteiger charge is 2.58. The van der Waals surface area contributed by atoms with Crippen molar-refractivity contribution in [2.24, 2.45) is 28.7 Å². The molecule has 0 spiro atoms. The molecule has 10 heteroatoms. The van der Waals surface area contributed by atoms with Crippen molar-refractivity contribution in [2.45, 2.75) is 65.9 Å². The monoisotopic (exact) mass is 466 g/mol. The van der Waals surface area contributed by atoms with Crippen LogP contribution in [0.25, 0.3) is 0 Å². The number of Topliss-reactive ketones (excluding diaryl/α,β-unsaturated/α-hetero) is 2. The lowest BCUT2D eigenvalue weighted by Gasteiger charge is -2.44. The number of nitrogens with zero attached hydrogens (tertiary/aromatic N) is 1. The molecule has 184 valence electrons. The van der Waals surface area contributed by atoms with Gasteiger partial charge in [-0.25, -0.2) is 10.0 Å². The van der Waals surface area contributed by atoms with Crippen molar-refractivity contribution in [3.8, 4) is 0 Å². The number of hydrogen-bond donors (Lipinski definition) is 4. The maximum atomic E-state index is 13.7. The van der Waals surface area contributed by atoms with Gasteiger partial charge >= 0.3 is 11.9 Å². The van der Waals surface area contributed by atoms with Gasteiger partial charge in [-0.05, 0) is 32.3 Å². The Kier molecular flexibility index (Phi) is 8.21. The van der Waals surface area contributed by atoms with Gasteiger partial charge in [0.25, 0.3) is 0 Å². The number of hydroxylamine groups is 3. The quantitative estimate of drug-likeness (QED) is 0.212. The Morgan fingerprint density at radius 3 is 2.45 bits per heavy atom. The van der Waals surface area contributed by atoms with E-state index in [1.165, 1.54) is 0 Å². The van der Waals surface area contributed by atoms with E-state index in [0.717, 1.165) is 0 Å². The Balaban J connectivity index is 2.59. The smallest absolute Gasteiger partial charge is 0.354 e. The van der Waals surface area contributed by atoms with Gasteiger partial charge in [0.05, 0.1) is 24.1 Å². The normalized spacial score (nSPS) is 27.2. The Labute approximate surface area is 193 Å². The minimum absolute atomic E-state index is 0.0159. The molecular weight excluding hydrogens is 430 g/mol. The third-order valence-corrected chi connectivity index (χ3v) is 6.28. The number of quaternary nitrogens is 1. The van der Waals surface area contributed by atoms with Crippen molar-refractivity contribution in [3.63, 3.8) is 0 Å². The lowest BCUT2D eigenvalue weighted by atomic mass is 9.70. The molecule has 1 aliphatic carbocycles. The molecule has 33 heavy (non-hydrogen) atoms. The second-order valence-electron chi connectivity index (χ2n) is 9.55. The summed E-state index contributed by atoms with van der Waals surface area (Å²) in [7, 11) is 0. The fourth-order valence-corrected chi connectivity index (χ4v) is 4.87. The highest BCUT2D eigenvalue weighted by atomic mass is 16.6. The molecular formula is C23H36N3O7+. The van der Waals surface area contributed by atoms with Crippen molar-refractivity contribution in [1.82, 2.24) is 0 Å². The van der Waals surface area contributed by atoms with E-state index in [0.29, 0.717) is 19.3 Å². The second-order valence-corrected chi connectivity index (χ2v) is 9.55. The van der Waals surface area contributed by atoms with Gasteiger partial charge in [-0.2, -0.15) is 0 Å². The molecule has 0 fully saturated rings. The van der Waals surface area contributed by atoms with Gasteiger partial charge in [0, 0.05) is 11.8 Å². The van der Waals surface area contributed by atoms with E-state index < -0.39 is 58.0 Å². The maximum absolute atomic E-state index is 13.7. The summed E-state index contributed by atoms with van der Waals surface area (Å²) >= 11 is 0. The molecule has 2 aliphatic rings. The lowest BCUT2D eigenvalue weighted by molar-refractivity contribution is -1.01. The number of allylic oxidation sites excluding steroid dienone is 2. The number of aliphatic carboxylic acids is 1. The molecule has 0 saturated heterocycles. The summed E-state index contributed by atoms with van der Waals surface area (Å²) in [6.07, 6.45) is 2.53. The number of ketones is 2. The number of hydrogen-bond acceptors (Lipinski definition) is 8. The zero-order chi connectivity index (χ0) is 25.1. The SMILES string of the molecule is CCC[C@@H](CCCC(=O)O)C(=O)[N@+]1(O)C[C@@H](C)OC2=C1C(N)=CC(C)(C)[C@H]2C(=O)C(=O)CN. The van der Waals surface area contributed by atoms with Gasteiger partial charge in [0.2, 0.25) is 17.3 Å². The van der Waals surface area contributed by atoms with E-state index in [9.17, 15) is 24.4 Å². The largest absolute Gasteiger partial charge is 0.482 e. The standard InChI is InChI=1S/C23H35N3O7/c1-5-7-14(8-6-9-17(28)29)22(31)26(32)12-13(2)33-21-18(20(30)16(27)11-24)23(3,4)10-15(25)19(21)26/h10,13-14,18,32H,5-9,11-12,24-25H2,1-4H3/p+1/t13-,14+,18+,26+/m1/s1. The van der Waals surface area contributed by atoms with Crippen LogP contribution in [0.2, 0.25) is 0 Å². The molecule has 2 rings (SSSR count). The van der Waals surface area contributed by atoms with Gasteiger partial charge in [-0.1, -0.05) is 31.8 Å². The van der Waals surface area contributed by atoms with E-state index in [1.807, 2.05) is 6.92 Å². The number of carbonyl (C=O) groups excluding carboxylic acids is 3. The van der Waals surface area contributed by atoms with Crippen molar-refractivity contribution in [3.05, 3.63) is 23.2 Å². The first-order valence-electron chi connectivity index (χ1n) is 11.3. The molecule has 0 aromatic heterocycles. The van der Waals surface area contributed by atoms with E-state index in [2.05, 4.69) is 0 Å². The second kappa shape index (κ2) is 10.1. The van der Waals surface area contributed by atoms with Crippen molar-refractivity contribution in [2.75, 3.05) is 13.1 Å². The summed E-state index contributed by atoms with van der Waals surface area (Å²) in [6, 6.07) is 0. The van der Waals surface area contributed by atoms with Gasteiger partial charge < -0.3 is 21.3 Å². The molecule has 1 heterocycles. The molecule has 0 aromatic rings. The summed E-state index contributed by atoms with van der Waals surface area (Å²) in [4.78, 5) is 49.8. The van der Waals surface area contributed by atoms with E-state index >= 15 is 0 Å². The fourth-order valence-electron chi connectivity index (χ4n) is 4.87. The Bertz CT molecular complexity index is 892. The molecule has 4 atom stereocenters. The first-order valence-corrected chi connectivity index (χ1v) is 11.3. The molecule has 0 unspecified atom stereocenters. The molecule has 0 aromatic carbocycles. The minimum Gasteiger partial charge on any atom is -0.482 e. The predicted octanol–water partition coefficient (Wildman–Crippen LogP) is 1.62. The van der Waals surface area contributed by atoms with Crippen LogP contribution in [-0.2, 0) is 23.9 Å². The van der Waals surface area contributed by atoms with Crippen LogP contribution in [0.5, 0.6) is 0 Å². The van der Waals surface area contributed by atoms with Crippen molar-refractivity contribution < 1.29 is 38.9 Å². The first kappa shape index (κ1) is 26.7. The fraction of sp³-hybridized carbons (Fsp3) is 0.652. The van der Waals surface area contributed by atoms with Gasteiger partial charge in [0.1, 0.15) is 6.10 Å². The third kappa shape index (κ3) is 5.34. The highest BCUT2D eigenvalue weighted by Crippen LogP contribution is 2.47. The average molecular weight is 467 g/mol. The zero-order valence-corrected chi connectivity index (χ0v) is 19.8. The summed E-state index contributed by atoms with van der Waals surface area (Å²) < 4.78 is 4.80. The van der Waals surface area contributed by atoms with E-state index in [1.54, 1.807) is 26.8 Å². The Morgan fingerprint density at radius 2 is 1.91 bits per heavy atom. The molecule has 1 aliphatic heterocycles. The summed E-state index contributed by atoms with van der Waals surface area (Å²) in [5.41, 5.74) is 10.9. The van der Waals surface area contributed by atoms with Crippen LogP contribution in [0.4, 0.5) is 0 Å². The number of ether oxygens (including phenoxy) is 1. The third-order valence-electron chi connectivity index (χ3n) is 6.28. The molecule has 0 saturated carbocycles. The molecule has 1 amide bonds. The maximum Gasteiger partial charge on any atom is 0.354 e. The van der Waals surface area contributed by atoms with Crippen molar-refractivity contribution >= 4 is 23.4 Å². The summed E-state index contributed by atoms with van der Waals surface area (Å²) in [6.45, 7) is 6.40. The molecule has 10 nitrogen and oxygen atoms in total. The van der Waals surface area contributed by atoms with Gasteiger partial charge in [-0.3, -0.25) is 14.4 Å². The predicted molar refractivity (Wildman–Crippen MR) is 118 cm³/mol. The number of carboxylic acid groups (broad SMARTS) is 1. The van der Waals surface area contributed by atoms with E-state index in [-0.39, 0.29) is 36.5 Å². The number of amides is 1. The number of carboxylic acids is 1. The van der Waals surface area contributed by atoms with Crippen LogP contribution in [-0.4, -0.2) is 57.6 Å². The highest BCUT2D eigenvalue weighted by molar-refractivity contribution is 6.39. The van der Waals surface area contributed by atoms with Crippen molar-refractivity contribution in [1.29, 1.82) is 0 Å². The summed E-state index contributed by atoms with van der Waals surface area (Å²) in [5.74, 6) is -4.72. The lowest BCUT2D eigenvalue weighted by Crippen LogP contribution is -2.61. The number of rotatable bonds is 10. The topological polar surface area (TPSA) is 170 Å². The molecule has 6 N–H and O–H groups in total. The van der Waals surface area contributed by atoms with Crippen LogP contribution in [0.3, 0.4) is 0 Å². The summed E-state index contributed by atoms with van der Waals surface area (Å²) in [5, 5.41) is 20.7. The molecule has 0 bridgehead atoms. The molecule has 0 radical (unpaired) electrons.